The molecule has 0 saturated carbocycles. The first-order valence-corrected chi connectivity index (χ1v) is 7.67. The predicted molar refractivity (Wildman–Crippen MR) is 86.7 cm³/mol. The van der Waals surface area contributed by atoms with Gasteiger partial charge < -0.3 is 0 Å². The fourth-order valence-corrected chi connectivity index (χ4v) is 2.79. The third kappa shape index (κ3) is 3.61. The van der Waals surface area contributed by atoms with Crippen molar-refractivity contribution in [3.8, 4) is 10.4 Å². The van der Waals surface area contributed by atoms with Crippen LogP contribution in [-0.4, -0.2) is 21.8 Å². The number of thiophene rings is 1. The molecule has 0 saturated heterocycles. The molecule has 0 spiro atoms. The Morgan fingerprint density at radius 1 is 0.958 bits per heavy atom. The molecule has 3 rings (SSSR count). The van der Waals surface area contributed by atoms with E-state index in [1.165, 1.54) is 42.1 Å². The lowest BCUT2D eigenvalue weighted by Crippen LogP contribution is -2.41. The van der Waals surface area contributed by atoms with Crippen molar-refractivity contribution < 1.29 is 14.0 Å². The second kappa shape index (κ2) is 6.97. The highest BCUT2D eigenvalue weighted by molar-refractivity contribution is 7.17. The summed E-state index contributed by atoms with van der Waals surface area (Å²) in [6, 6.07) is 9.38. The lowest BCUT2D eigenvalue weighted by atomic mass is 10.2. The van der Waals surface area contributed by atoms with E-state index >= 15 is 0 Å². The summed E-state index contributed by atoms with van der Waals surface area (Å²) in [6.45, 7) is 0. The number of hydrogen-bond acceptors (Lipinski definition) is 5. The fraction of sp³-hybridized carbons (Fsp3) is 0. The zero-order valence-electron chi connectivity index (χ0n) is 12.2. The van der Waals surface area contributed by atoms with Crippen LogP contribution < -0.4 is 10.9 Å². The SMILES string of the molecule is O=C(NNC(=O)c1ccc(-c2ccc(F)cc2)s1)c1cnccn1. The van der Waals surface area contributed by atoms with E-state index in [2.05, 4.69) is 20.8 Å². The summed E-state index contributed by atoms with van der Waals surface area (Å²) in [5.41, 5.74) is 5.49. The van der Waals surface area contributed by atoms with Crippen molar-refractivity contribution in [3.63, 3.8) is 0 Å². The Labute approximate surface area is 140 Å². The molecule has 0 radical (unpaired) electrons. The van der Waals surface area contributed by atoms with E-state index in [1.807, 2.05) is 0 Å². The molecule has 2 N–H and O–H groups in total. The number of benzene rings is 1. The highest BCUT2D eigenvalue weighted by Gasteiger charge is 2.12. The average molecular weight is 342 g/mol. The van der Waals surface area contributed by atoms with Crippen LogP contribution in [0.3, 0.4) is 0 Å². The number of hydrazine groups is 1. The zero-order valence-corrected chi connectivity index (χ0v) is 13.0. The molecule has 0 fully saturated rings. The molecule has 0 aliphatic carbocycles. The summed E-state index contributed by atoms with van der Waals surface area (Å²) in [7, 11) is 0. The van der Waals surface area contributed by atoms with Crippen LogP contribution in [0.4, 0.5) is 4.39 Å². The molecule has 6 nitrogen and oxygen atoms in total. The molecule has 2 heterocycles. The standard InChI is InChI=1S/C16H11FN4O2S/c17-11-3-1-10(2-4-11)13-5-6-14(24-13)16(23)21-20-15(22)12-9-18-7-8-19-12/h1-9H,(H,20,22)(H,21,23). The van der Waals surface area contributed by atoms with Crippen molar-refractivity contribution in [3.05, 3.63) is 71.4 Å². The summed E-state index contributed by atoms with van der Waals surface area (Å²) in [5.74, 6) is -1.34. The second-order valence-corrected chi connectivity index (χ2v) is 5.75. The Morgan fingerprint density at radius 2 is 1.71 bits per heavy atom. The molecule has 1 aromatic carbocycles. The number of nitrogens with zero attached hydrogens (tertiary/aromatic N) is 2. The van der Waals surface area contributed by atoms with Gasteiger partial charge in [-0.05, 0) is 29.8 Å². The van der Waals surface area contributed by atoms with Gasteiger partial charge in [0.1, 0.15) is 11.5 Å². The van der Waals surface area contributed by atoms with Crippen LogP contribution in [0, 0.1) is 5.82 Å². The van der Waals surface area contributed by atoms with Gasteiger partial charge in [0.15, 0.2) is 0 Å². The number of carbonyl (C=O) groups excluding carboxylic acids is 2. The first-order valence-electron chi connectivity index (χ1n) is 6.86. The van der Waals surface area contributed by atoms with Crippen LogP contribution in [0.5, 0.6) is 0 Å². The van der Waals surface area contributed by atoms with Crippen molar-refractivity contribution in [2.75, 3.05) is 0 Å². The van der Waals surface area contributed by atoms with E-state index in [-0.39, 0.29) is 11.5 Å². The predicted octanol–water partition coefficient (Wildman–Crippen LogP) is 2.42. The molecule has 0 aliphatic rings. The van der Waals surface area contributed by atoms with Gasteiger partial charge in [0.25, 0.3) is 11.8 Å². The van der Waals surface area contributed by atoms with Crippen molar-refractivity contribution >= 4 is 23.2 Å². The monoisotopic (exact) mass is 342 g/mol. The van der Waals surface area contributed by atoms with Crippen LogP contribution in [0.1, 0.15) is 20.2 Å². The van der Waals surface area contributed by atoms with Gasteiger partial charge in [-0.25, -0.2) is 9.37 Å². The number of halogens is 1. The van der Waals surface area contributed by atoms with Crippen molar-refractivity contribution in [1.29, 1.82) is 0 Å². The normalized spacial score (nSPS) is 10.2. The van der Waals surface area contributed by atoms with Crippen molar-refractivity contribution in [2.24, 2.45) is 0 Å². The molecule has 0 bridgehead atoms. The van der Waals surface area contributed by atoms with Crippen molar-refractivity contribution in [1.82, 2.24) is 20.8 Å². The molecule has 120 valence electrons. The van der Waals surface area contributed by atoms with Gasteiger partial charge in [-0.15, -0.1) is 11.3 Å². The number of amides is 2. The van der Waals surface area contributed by atoms with Gasteiger partial charge in [0.05, 0.1) is 11.1 Å². The van der Waals surface area contributed by atoms with Gasteiger partial charge >= 0.3 is 0 Å². The first kappa shape index (κ1) is 15.8. The Balaban J connectivity index is 1.64. The smallest absolute Gasteiger partial charge is 0.266 e. The van der Waals surface area contributed by atoms with E-state index in [0.29, 0.717) is 4.88 Å². The fourth-order valence-electron chi connectivity index (χ4n) is 1.88. The van der Waals surface area contributed by atoms with Gasteiger partial charge in [-0.3, -0.25) is 25.4 Å². The molecule has 2 aromatic heterocycles. The van der Waals surface area contributed by atoms with Crippen LogP contribution >= 0.6 is 11.3 Å². The Morgan fingerprint density at radius 3 is 2.42 bits per heavy atom. The summed E-state index contributed by atoms with van der Waals surface area (Å²) < 4.78 is 12.9. The van der Waals surface area contributed by atoms with Crippen molar-refractivity contribution in [2.45, 2.75) is 0 Å². The topological polar surface area (TPSA) is 84.0 Å². The maximum absolute atomic E-state index is 12.9. The van der Waals surface area contributed by atoms with Gasteiger partial charge in [0, 0.05) is 17.3 Å². The van der Waals surface area contributed by atoms with Crippen LogP contribution in [-0.2, 0) is 0 Å². The van der Waals surface area contributed by atoms with Crippen LogP contribution in [0.25, 0.3) is 10.4 Å². The molecular weight excluding hydrogens is 331 g/mol. The third-order valence-corrected chi connectivity index (χ3v) is 4.18. The maximum atomic E-state index is 12.9. The average Bonchev–Trinajstić information content (AvgIpc) is 3.11. The minimum Gasteiger partial charge on any atom is -0.266 e. The number of nitrogens with one attached hydrogen (secondary N) is 2. The molecule has 8 heteroatoms. The minimum absolute atomic E-state index is 0.0935. The zero-order chi connectivity index (χ0) is 16.9. The van der Waals surface area contributed by atoms with Crippen LogP contribution in [0.15, 0.2) is 55.0 Å². The first-order chi connectivity index (χ1) is 11.6. The maximum Gasteiger partial charge on any atom is 0.289 e. The third-order valence-electron chi connectivity index (χ3n) is 3.04. The molecule has 0 atom stereocenters. The Bertz CT molecular complexity index is 865. The Kier molecular flexibility index (Phi) is 4.57. The highest BCUT2D eigenvalue weighted by Crippen LogP contribution is 2.28. The van der Waals surface area contributed by atoms with Gasteiger partial charge in [-0.2, -0.15) is 0 Å². The summed E-state index contributed by atoms with van der Waals surface area (Å²) in [6.07, 6.45) is 4.11. The lowest BCUT2D eigenvalue weighted by Gasteiger charge is -2.05. The number of aromatic nitrogens is 2. The molecule has 3 aromatic rings. The van der Waals surface area contributed by atoms with Gasteiger partial charge in [-0.1, -0.05) is 12.1 Å². The molecule has 2 amide bonds. The van der Waals surface area contributed by atoms with E-state index in [0.717, 1.165) is 10.4 Å². The second-order valence-electron chi connectivity index (χ2n) is 4.67. The summed E-state index contributed by atoms with van der Waals surface area (Å²) in [5, 5.41) is 0. The van der Waals surface area contributed by atoms with Crippen LogP contribution in [0.2, 0.25) is 0 Å². The summed E-state index contributed by atoms with van der Waals surface area (Å²) in [4.78, 5) is 32.7. The van der Waals surface area contributed by atoms with Gasteiger partial charge in [0.2, 0.25) is 0 Å². The highest BCUT2D eigenvalue weighted by atomic mass is 32.1. The quantitative estimate of drug-likeness (QED) is 0.716. The lowest BCUT2D eigenvalue weighted by molar-refractivity contribution is 0.0846. The Hall–Kier alpha value is -3.13. The molecule has 0 aliphatic heterocycles. The number of hydrogen-bond donors (Lipinski definition) is 2. The van der Waals surface area contributed by atoms with E-state index in [9.17, 15) is 14.0 Å². The molecular formula is C16H11FN4O2S. The number of rotatable bonds is 3. The van der Waals surface area contributed by atoms with E-state index in [1.54, 1.807) is 24.3 Å². The number of carbonyl (C=O) groups is 2. The van der Waals surface area contributed by atoms with E-state index in [4.69, 9.17) is 0 Å². The minimum atomic E-state index is -0.563. The van der Waals surface area contributed by atoms with E-state index < -0.39 is 11.8 Å². The largest absolute Gasteiger partial charge is 0.289 e. The molecule has 24 heavy (non-hydrogen) atoms. The molecule has 0 unspecified atom stereocenters. The summed E-state index contributed by atoms with van der Waals surface area (Å²) >= 11 is 1.23.